The Labute approximate surface area is 110 Å². The third kappa shape index (κ3) is 5.70. The summed E-state index contributed by atoms with van der Waals surface area (Å²) in [6.07, 6.45) is 4.61. The molecule has 0 aliphatic rings. The van der Waals surface area contributed by atoms with E-state index in [-0.39, 0.29) is 5.78 Å². The lowest BCUT2D eigenvalue weighted by atomic mass is 10.1. The maximum absolute atomic E-state index is 10.5. The Morgan fingerprint density at radius 2 is 1.88 bits per heavy atom. The molecule has 0 N–H and O–H groups in total. The number of thiazole rings is 2. The number of hydrogen-bond acceptors (Lipinski definition) is 5. The molecule has 0 saturated heterocycles. The Morgan fingerprint density at radius 3 is 2.24 bits per heavy atom. The Kier molecular flexibility index (Phi) is 6.00. The maximum atomic E-state index is 10.5. The van der Waals surface area contributed by atoms with Crippen molar-refractivity contribution in [2.24, 2.45) is 5.92 Å². The van der Waals surface area contributed by atoms with Crippen LogP contribution in [0.5, 0.6) is 0 Å². The van der Waals surface area contributed by atoms with Crippen LogP contribution in [0.3, 0.4) is 0 Å². The molecule has 17 heavy (non-hydrogen) atoms. The maximum Gasteiger partial charge on any atom is 0.188 e. The standard InChI is InChI=1S/C7H11NS.C5H5NOS/c1-6(2)5-7-8-3-4-9-7;1-4(7)5-6-2-3-8-5/h3-4,6H,5H2,1-2H3;2-3H,1H3. The van der Waals surface area contributed by atoms with Crippen molar-refractivity contribution in [3.05, 3.63) is 33.2 Å². The van der Waals surface area contributed by atoms with Crippen LogP contribution in [0.2, 0.25) is 0 Å². The Bertz CT molecular complexity index is 421. The highest BCUT2D eigenvalue weighted by Crippen LogP contribution is 2.09. The van der Waals surface area contributed by atoms with E-state index in [1.807, 2.05) is 11.6 Å². The number of carbonyl (C=O) groups is 1. The van der Waals surface area contributed by atoms with Gasteiger partial charge in [0.25, 0.3) is 0 Å². The zero-order valence-electron chi connectivity index (χ0n) is 10.2. The van der Waals surface area contributed by atoms with Crippen LogP contribution < -0.4 is 0 Å². The minimum Gasteiger partial charge on any atom is -0.292 e. The molecule has 2 aromatic heterocycles. The van der Waals surface area contributed by atoms with E-state index in [9.17, 15) is 4.79 Å². The predicted molar refractivity (Wildman–Crippen MR) is 72.8 cm³/mol. The molecule has 3 nitrogen and oxygen atoms in total. The summed E-state index contributed by atoms with van der Waals surface area (Å²) in [5.41, 5.74) is 0. The van der Waals surface area contributed by atoms with Gasteiger partial charge in [0.1, 0.15) is 0 Å². The van der Waals surface area contributed by atoms with E-state index in [4.69, 9.17) is 0 Å². The topological polar surface area (TPSA) is 42.9 Å². The second-order valence-corrected chi connectivity index (χ2v) is 5.79. The number of rotatable bonds is 3. The van der Waals surface area contributed by atoms with Gasteiger partial charge in [0.2, 0.25) is 0 Å². The summed E-state index contributed by atoms with van der Waals surface area (Å²) < 4.78 is 0. The first-order valence-electron chi connectivity index (χ1n) is 5.38. The minimum absolute atomic E-state index is 0.0417. The molecule has 0 aromatic carbocycles. The van der Waals surface area contributed by atoms with Crippen molar-refractivity contribution in [2.45, 2.75) is 27.2 Å². The lowest BCUT2D eigenvalue weighted by Gasteiger charge is -1.97. The van der Waals surface area contributed by atoms with Crippen LogP contribution in [0.15, 0.2) is 23.2 Å². The number of carbonyl (C=O) groups excluding carboxylic acids is 1. The summed E-state index contributed by atoms with van der Waals surface area (Å²) in [5, 5.41) is 5.66. The molecule has 2 aromatic rings. The molecule has 0 bridgehead atoms. The molecule has 2 rings (SSSR count). The van der Waals surface area contributed by atoms with E-state index >= 15 is 0 Å². The zero-order valence-corrected chi connectivity index (χ0v) is 11.8. The average molecular weight is 268 g/mol. The molecule has 0 unspecified atom stereocenters. The van der Waals surface area contributed by atoms with Crippen molar-refractivity contribution in [1.29, 1.82) is 0 Å². The van der Waals surface area contributed by atoms with Crippen molar-refractivity contribution in [3.8, 4) is 0 Å². The number of nitrogens with zero attached hydrogens (tertiary/aromatic N) is 2. The molecule has 0 atom stereocenters. The van der Waals surface area contributed by atoms with Crippen LogP contribution in [-0.2, 0) is 6.42 Å². The van der Waals surface area contributed by atoms with E-state index in [1.165, 1.54) is 23.3 Å². The number of hydrogen-bond donors (Lipinski definition) is 0. The Balaban J connectivity index is 0.000000171. The zero-order chi connectivity index (χ0) is 12.7. The van der Waals surface area contributed by atoms with Gasteiger partial charge in [-0.15, -0.1) is 22.7 Å². The van der Waals surface area contributed by atoms with Crippen molar-refractivity contribution in [1.82, 2.24) is 9.97 Å². The molecule has 5 heteroatoms. The normalized spacial score (nSPS) is 9.88. The third-order valence-electron chi connectivity index (χ3n) is 1.80. The molecule has 0 spiro atoms. The molecular weight excluding hydrogens is 252 g/mol. The van der Waals surface area contributed by atoms with Crippen LogP contribution in [0.25, 0.3) is 0 Å². The average Bonchev–Trinajstić information content (AvgIpc) is 2.87. The Morgan fingerprint density at radius 1 is 1.24 bits per heavy atom. The van der Waals surface area contributed by atoms with E-state index in [0.717, 1.165) is 12.3 Å². The van der Waals surface area contributed by atoms with Gasteiger partial charge in [0.15, 0.2) is 10.8 Å². The second-order valence-electron chi connectivity index (χ2n) is 3.92. The number of Topliss-reactive ketones (excluding diaryl/α,β-unsaturated/α-hetero) is 1. The van der Waals surface area contributed by atoms with Gasteiger partial charge in [-0.3, -0.25) is 4.79 Å². The van der Waals surface area contributed by atoms with Gasteiger partial charge in [-0.2, -0.15) is 0 Å². The van der Waals surface area contributed by atoms with Gasteiger partial charge in [0.05, 0.1) is 5.01 Å². The van der Waals surface area contributed by atoms with Gasteiger partial charge >= 0.3 is 0 Å². The first-order chi connectivity index (χ1) is 8.09. The monoisotopic (exact) mass is 268 g/mol. The third-order valence-corrected chi connectivity index (χ3v) is 3.48. The molecule has 2 heterocycles. The van der Waals surface area contributed by atoms with Crippen molar-refractivity contribution >= 4 is 28.5 Å². The fourth-order valence-corrected chi connectivity index (χ4v) is 2.47. The summed E-state index contributed by atoms with van der Waals surface area (Å²) in [4.78, 5) is 18.4. The van der Waals surface area contributed by atoms with Crippen LogP contribution in [0.4, 0.5) is 0 Å². The summed E-state index contributed by atoms with van der Waals surface area (Å²) in [6.45, 7) is 5.93. The van der Waals surface area contributed by atoms with E-state index in [1.54, 1.807) is 22.9 Å². The van der Waals surface area contributed by atoms with Gasteiger partial charge in [-0.1, -0.05) is 13.8 Å². The molecule has 0 amide bonds. The molecule has 0 aliphatic heterocycles. The van der Waals surface area contributed by atoms with Crippen LogP contribution in [0, 0.1) is 5.92 Å². The SMILES string of the molecule is CC(=O)c1nccs1.CC(C)Cc1nccs1. The van der Waals surface area contributed by atoms with Gasteiger partial charge in [-0.25, -0.2) is 9.97 Å². The first-order valence-corrected chi connectivity index (χ1v) is 7.14. The van der Waals surface area contributed by atoms with Crippen LogP contribution in [-0.4, -0.2) is 15.8 Å². The van der Waals surface area contributed by atoms with Gasteiger partial charge in [-0.05, 0) is 5.92 Å². The van der Waals surface area contributed by atoms with E-state index in [2.05, 4.69) is 23.8 Å². The highest BCUT2D eigenvalue weighted by Gasteiger charge is 1.98. The second kappa shape index (κ2) is 7.29. The largest absolute Gasteiger partial charge is 0.292 e. The predicted octanol–water partition coefficient (Wildman–Crippen LogP) is 3.69. The number of aromatic nitrogens is 2. The molecule has 0 saturated carbocycles. The Hall–Kier alpha value is -1.07. The summed E-state index contributed by atoms with van der Waals surface area (Å²) in [5.74, 6) is 0.774. The van der Waals surface area contributed by atoms with Gasteiger partial charge in [0, 0.05) is 36.5 Å². The van der Waals surface area contributed by atoms with Crippen LogP contribution >= 0.6 is 22.7 Å². The van der Waals surface area contributed by atoms with Crippen LogP contribution in [0.1, 0.15) is 35.6 Å². The molecular formula is C12H16N2OS2. The van der Waals surface area contributed by atoms with E-state index in [0.29, 0.717) is 5.01 Å². The molecule has 92 valence electrons. The quantitative estimate of drug-likeness (QED) is 0.797. The molecule has 0 aliphatic carbocycles. The summed E-state index contributed by atoms with van der Waals surface area (Å²) in [6, 6.07) is 0. The highest BCUT2D eigenvalue weighted by molar-refractivity contribution is 7.11. The van der Waals surface area contributed by atoms with E-state index < -0.39 is 0 Å². The first kappa shape index (κ1) is 14.0. The van der Waals surface area contributed by atoms with Gasteiger partial charge < -0.3 is 0 Å². The molecule has 0 fully saturated rings. The smallest absolute Gasteiger partial charge is 0.188 e. The fraction of sp³-hybridized carbons (Fsp3) is 0.417. The highest BCUT2D eigenvalue weighted by atomic mass is 32.1. The minimum atomic E-state index is 0.0417. The summed E-state index contributed by atoms with van der Waals surface area (Å²) >= 11 is 3.11. The fourth-order valence-electron chi connectivity index (χ4n) is 1.10. The lowest BCUT2D eigenvalue weighted by molar-refractivity contribution is 0.101. The van der Waals surface area contributed by atoms with Crippen molar-refractivity contribution in [2.75, 3.05) is 0 Å². The number of ketones is 1. The van der Waals surface area contributed by atoms with Crippen molar-refractivity contribution in [3.63, 3.8) is 0 Å². The van der Waals surface area contributed by atoms with Crippen molar-refractivity contribution < 1.29 is 4.79 Å². The summed E-state index contributed by atoms with van der Waals surface area (Å²) in [7, 11) is 0. The molecule has 0 radical (unpaired) electrons. The lowest BCUT2D eigenvalue weighted by Crippen LogP contribution is -1.91.